The van der Waals surface area contributed by atoms with Crippen molar-refractivity contribution in [3.63, 3.8) is 0 Å². The van der Waals surface area contributed by atoms with Gasteiger partial charge in [-0.1, -0.05) is 36.4 Å². The molecule has 0 amide bonds. The number of ether oxygens (including phenoxy) is 1. The van der Waals surface area contributed by atoms with Crippen LogP contribution in [0.3, 0.4) is 0 Å². The molecule has 0 saturated carbocycles. The van der Waals surface area contributed by atoms with Gasteiger partial charge in [0.15, 0.2) is 17.0 Å². The Labute approximate surface area is 423 Å². The van der Waals surface area contributed by atoms with Crippen LogP contribution in [0.5, 0.6) is 0 Å². The molecule has 8 heterocycles. The number of esters is 1. The van der Waals surface area contributed by atoms with E-state index >= 15 is 4.79 Å². The summed E-state index contributed by atoms with van der Waals surface area (Å²) in [6, 6.07) is 15.7. The van der Waals surface area contributed by atoms with Crippen LogP contribution in [0.25, 0.3) is 11.1 Å². The number of aromatic amines is 4. The quantitative estimate of drug-likeness (QED) is 0.0687. The monoisotopic (exact) mass is 1040 g/mol. The lowest BCUT2D eigenvalue weighted by Crippen LogP contribution is -2.49. The Kier molecular flexibility index (Phi) is 13.6. The van der Waals surface area contributed by atoms with E-state index in [1.807, 2.05) is 12.1 Å². The van der Waals surface area contributed by atoms with E-state index in [9.17, 15) is 45.5 Å². The Morgan fingerprint density at radius 1 is 0.587 bits per heavy atom. The Hall–Kier alpha value is -7.91. The van der Waals surface area contributed by atoms with Crippen molar-refractivity contribution in [3.8, 4) is 0 Å². The number of carbonyl (C=O) groups excluding carboxylic acids is 1. The second kappa shape index (κ2) is 20.1. The number of carbonyl (C=O) groups is 1. The average Bonchev–Trinajstić information content (AvgIpc) is 4.15. The summed E-state index contributed by atoms with van der Waals surface area (Å²) in [5.41, 5.74) is -10.1. The van der Waals surface area contributed by atoms with E-state index in [-0.39, 0.29) is 83.3 Å². The number of nitrogens with zero attached hydrogens (tertiary/aromatic N) is 6. The largest absolute Gasteiger partial charge is 0.452 e. The first-order valence-electron chi connectivity index (χ1n) is 24.7. The van der Waals surface area contributed by atoms with Crippen molar-refractivity contribution in [3.05, 3.63) is 183 Å². The van der Waals surface area contributed by atoms with Crippen molar-refractivity contribution < 1.29 is 35.9 Å². The van der Waals surface area contributed by atoms with Crippen LogP contribution in [-0.2, 0) is 45.7 Å². The predicted molar refractivity (Wildman–Crippen MR) is 264 cm³/mol. The summed E-state index contributed by atoms with van der Waals surface area (Å²) in [4.78, 5) is 102. The van der Waals surface area contributed by atoms with E-state index in [4.69, 9.17) is 14.7 Å². The fourth-order valence-electron chi connectivity index (χ4n) is 11.0. The molecule has 390 valence electrons. The Balaban J connectivity index is 1.14. The zero-order valence-corrected chi connectivity index (χ0v) is 40.3. The standard InChI is InChI=1S/C53H50F6N10O6/c54-52(55,56)43-35(11-7-23-60-43)31-15-19-50(20-16-31,41-37(45(70)66-48(73)64-41)29-33-9-5-13-39(62-33)68-25-1-2-26-68)47(72)75-51(21-17-32(18-22-51)36-12-8-24-61-44(36)53(57,58)59)42-38(46(71)67-49(74)65-42)30-34-10-6-14-40(63-34)69-27-3-4-28-69/h5-15,17,23-24H,1-4,16,18-22,25-30H2,(H2,64,66,70,73)(H2,65,67,71,74). The van der Waals surface area contributed by atoms with Crippen LogP contribution in [0.1, 0.15) is 121 Å². The summed E-state index contributed by atoms with van der Waals surface area (Å²) in [7, 11) is 0. The molecule has 10 rings (SSSR count). The van der Waals surface area contributed by atoms with E-state index in [0.29, 0.717) is 23.0 Å². The Morgan fingerprint density at radius 2 is 1.05 bits per heavy atom. The number of alkyl halides is 6. The lowest BCUT2D eigenvalue weighted by molar-refractivity contribution is -0.171. The fourth-order valence-corrected chi connectivity index (χ4v) is 11.0. The van der Waals surface area contributed by atoms with Crippen molar-refractivity contribution in [2.45, 2.75) is 100 Å². The highest BCUT2D eigenvalue weighted by atomic mass is 19.4. The molecule has 2 aliphatic carbocycles. The first kappa shape index (κ1) is 50.6. The van der Waals surface area contributed by atoms with E-state index in [2.05, 4.69) is 39.7 Å². The number of anilines is 2. The first-order valence-corrected chi connectivity index (χ1v) is 24.7. The molecule has 2 unspecified atom stereocenters. The van der Waals surface area contributed by atoms with Gasteiger partial charge in [0, 0.05) is 97.2 Å². The molecule has 2 aliphatic heterocycles. The lowest BCUT2D eigenvalue weighted by atomic mass is 9.69. The van der Waals surface area contributed by atoms with E-state index < -0.39 is 76.1 Å². The van der Waals surface area contributed by atoms with Gasteiger partial charge in [-0.2, -0.15) is 26.3 Å². The molecule has 0 bridgehead atoms. The van der Waals surface area contributed by atoms with Gasteiger partial charge in [-0.15, -0.1) is 0 Å². The number of aromatic nitrogens is 8. The minimum atomic E-state index is -4.86. The van der Waals surface area contributed by atoms with E-state index in [1.165, 1.54) is 36.4 Å². The zero-order chi connectivity index (χ0) is 52.7. The number of pyridine rings is 4. The summed E-state index contributed by atoms with van der Waals surface area (Å²) >= 11 is 0. The smallest absolute Gasteiger partial charge is 0.433 e. The van der Waals surface area contributed by atoms with Gasteiger partial charge >= 0.3 is 29.7 Å². The van der Waals surface area contributed by atoms with Gasteiger partial charge in [0.2, 0.25) is 0 Å². The molecule has 2 atom stereocenters. The van der Waals surface area contributed by atoms with Crippen LogP contribution in [0, 0.1) is 0 Å². The normalized spacial score (nSPS) is 20.2. The number of H-pyrrole nitrogens is 4. The number of halogens is 6. The van der Waals surface area contributed by atoms with Crippen molar-refractivity contribution >= 4 is 28.8 Å². The highest BCUT2D eigenvalue weighted by Crippen LogP contribution is 2.49. The van der Waals surface area contributed by atoms with Crippen molar-refractivity contribution in [1.82, 2.24) is 39.9 Å². The van der Waals surface area contributed by atoms with Gasteiger partial charge in [0.1, 0.15) is 17.1 Å². The van der Waals surface area contributed by atoms with Crippen molar-refractivity contribution in [2.24, 2.45) is 0 Å². The second-order valence-corrected chi connectivity index (χ2v) is 19.4. The minimum Gasteiger partial charge on any atom is -0.452 e. The predicted octanol–water partition coefficient (Wildman–Crippen LogP) is 7.65. The third kappa shape index (κ3) is 10.2. The van der Waals surface area contributed by atoms with Crippen molar-refractivity contribution in [1.29, 1.82) is 0 Å². The van der Waals surface area contributed by atoms with Crippen LogP contribution >= 0.6 is 0 Å². The maximum absolute atomic E-state index is 16.0. The molecule has 6 aromatic rings. The average molecular weight is 1040 g/mol. The molecular weight excluding hydrogens is 987 g/mol. The van der Waals surface area contributed by atoms with E-state index in [0.717, 1.165) is 64.3 Å². The van der Waals surface area contributed by atoms with E-state index in [1.54, 1.807) is 24.3 Å². The van der Waals surface area contributed by atoms with Gasteiger partial charge in [-0.05, 0) is 105 Å². The number of nitrogens with one attached hydrogen (secondary N) is 4. The molecule has 0 aromatic carbocycles. The summed E-state index contributed by atoms with van der Waals surface area (Å²) in [5.74, 6) is 0.179. The maximum Gasteiger partial charge on any atom is 0.433 e. The molecule has 4 N–H and O–H groups in total. The third-order valence-corrected chi connectivity index (χ3v) is 14.7. The van der Waals surface area contributed by atoms with Gasteiger partial charge in [0.25, 0.3) is 11.1 Å². The molecular formula is C53H50F6N10O6. The lowest BCUT2D eigenvalue weighted by Gasteiger charge is -2.42. The SMILES string of the molecule is O=C(OC1(c2[nH]c(=O)[nH]c(=O)c2Cc2cccc(N3CCCC3)n2)CC=C(c2cccnc2C(F)(F)F)CC1)C1(c2[nH]c(=O)[nH]c(=O)c2Cc2cccc(N3CCCC3)n2)CC=C(c2cccnc2C(F)(F)F)CC1. The number of hydrogen-bond donors (Lipinski definition) is 4. The van der Waals surface area contributed by atoms with Crippen LogP contribution in [-0.4, -0.2) is 72.0 Å². The topological polar surface area (TPSA) is 216 Å². The summed E-state index contributed by atoms with van der Waals surface area (Å²) in [5, 5.41) is 0. The van der Waals surface area contributed by atoms with Crippen LogP contribution in [0.2, 0.25) is 0 Å². The van der Waals surface area contributed by atoms with Crippen molar-refractivity contribution in [2.75, 3.05) is 36.0 Å². The first-order chi connectivity index (χ1) is 35.9. The van der Waals surface area contributed by atoms with Crippen LogP contribution in [0.4, 0.5) is 38.0 Å². The zero-order valence-electron chi connectivity index (χ0n) is 40.3. The minimum absolute atomic E-state index is 0.0759. The molecule has 2 fully saturated rings. The molecule has 6 aromatic heterocycles. The number of allylic oxidation sites excluding steroid dienone is 3. The molecule has 22 heteroatoms. The summed E-state index contributed by atoms with van der Waals surface area (Å²) < 4.78 is 93.5. The highest BCUT2D eigenvalue weighted by molar-refractivity contribution is 5.86. The second-order valence-electron chi connectivity index (χ2n) is 19.4. The molecule has 16 nitrogen and oxygen atoms in total. The Morgan fingerprint density at radius 3 is 1.51 bits per heavy atom. The number of hydrogen-bond acceptors (Lipinski definition) is 12. The highest BCUT2D eigenvalue weighted by Gasteiger charge is 2.52. The molecule has 4 aliphatic rings. The maximum atomic E-state index is 16.0. The molecule has 75 heavy (non-hydrogen) atoms. The fraction of sp³-hybridized carbons (Fsp3) is 0.377. The van der Waals surface area contributed by atoms with Gasteiger partial charge in [-0.25, -0.2) is 19.6 Å². The van der Waals surface area contributed by atoms with Gasteiger partial charge in [0.05, 0.1) is 5.69 Å². The summed E-state index contributed by atoms with van der Waals surface area (Å²) in [6.07, 6.45) is -3.52. The molecule has 0 radical (unpaired) electrons. The molecule has 2 saturated heterocycles. The van der Waals surface area contributed by atoms with Crippen LogP contribution < -0.4 is 32.3 Å². The summed E-state index contributed by atoms with van der Waals surface area (Å²) in [6.45, 7) is 3.02. The van der Waals surface area contributed by atoms with Gasteiger partial charge in [-0.3, -0.25) is 34.3 Å². The van der Waals surface area contributed by atoms with Gasteiger partial charge < -0.3 is 24.5 Å². The third-order valence-electron chi connectivity index (χ3n) is 14.7. The Bertz CT molecular complexity index is 3480. The molecule has 0 spiro atoms. The van der Waals surface area contributed by atoms with Crippen LogP contribution in [0.15, 0.2) is 104 Å². The number of rotatable bonds is 12.